The van der Waals surface area contributed by atoms with Crippen LogP contribution in [0.4, 0.5) is 0 Å². The first-order valence-electron chi connectivity index (χ1n) is 4.27. The summed E-state index contributed by atoms with van der Waals surface area (Å²) in [6.45, 7) is 3.07. The smallest absolute Gasteiger partial charge is 0.325 e. The highest BCUT2D eigenvalue weighted by Gasteiger charge is 2.47. The van der Waals surface area contributed by atoms with Crippen molar-refractivity contribution < 1.29 is 18.3 Å². The van der Waals surface area contributed by atoms with E-state index in [2.05, 4.69) is 0 Å². The maximum atomic E-state index is 11.6. The van der Waals surface area contributed by atoms with Gasteiger partial charge in [-0.3, -0.25) is 4.79 Å². The van der Waals surface area contributed by atoms with Crippen LogP contribution in [-0.4, -0.2) is 30.0 Å². The average Bonchev–Trinajstić information content (AvgIpc) is 2.05. The van der Waals surface area contributed by atoms with Crippen molar-refractivity contribution in [3.63, 3.8) is 0 Å². The number of rotatable bonds is 5. The van der Waals surface area contributed by atoms with Gasteiger partial charge in [0.05, 0.1) is 0 Å². The predicted octanol–water partition coefficient (Wildman–Crippen LogP) is 0.678. The zero-order chi connectivity index (χ0) is 11.4. The molecule has 0 spiro atoms. The highest BCUT2D eigenvalue weighted by molar-refractivity contribution is 7.93. The molecular weight excluding hydrogens is 204 g/mol. The second kappa shape index (κ2) is 4.47. The van der Waals surface area contributed by atoms with Crippen molar-refractivity contribution >= 4 is 15.8 Å². The van der Waals surface area contributed by atoms with E-state index in [-0.39, 0.29) is 12.8 Å². The van der Waals surface area contributed by atoms with Crippen LogP contribution in [0.15, 0.2) is 0 Å². The van der Waals surface area contributed by atoms with Crippen LogP contribution in [0, 0.1) is 12.3 Å². The van der Waals surface area contributed by atoms with Crippen LogP contribution in [0.5, 0.6) is 0 Å². The molecule has 1 N–H and O–H groups in total. The first-order valence-corrected chi connectivity index (χ1v) is 5.92. The van der Waals surface area contributed by atoms with Gasteiger partial charge in [-0.05, 0) is 12.8 Å². The Hall–Kier alpha value is -1.02. The lowest BCUT2D eigenvalue weighted by Crippen LogP contribution is -2.46. The third-order valence-corrected chi connectivity index (χ3v) is 4.89. The van der Waals surface area contributed by atoms with Crippen molar-refractivity contribution in [2.24, 2.45) is 0 Å². The minimum absolute atomic E-state index is 0.0306. The average molecular weight is 218 g/mol. The number of carboxylic acids is 1. The molecule has 0 aromatic rings. The molecule has 0 aliphatic carbocycles. The van der Waals surface area contributed by atoms with Gasteiger partial charge in [-0.15, -0.1) is 6.42 Å². The fourth-order valence-electron chi connectivity index (χ4n) is 1.37. The zero-order valence-corrected chi connectivity index (χ0v) is 9.10. The summed E-state index contributed by atoms with van der Waals surface area (Å²) in [7, 11) is -3.77. The zero-order valence-electron chi connectivity index (χ0n) is 8.28. The van der Waals surface area contributed by atoms with E-state index in [1.165, 1.54) is 13.8 Å². The van der Waals surface area contributed by atoms with E-state index >= 15 is 0 Å². The van der Waals surface area contributed by atoms with Crippen LogP contribution in [0.2, 0.25) is 0 Å². The Balaban J connectivity index is 5.44. The molecule has 4 nitrogen and oxygen atoms in total. The van der Waals surface area contributed by atoms with Gasteiger partial charge in [-0.1, -0.05) is 19.8 Å². The standard InChI is InChI=1S/C9H14O4S/c1-4-7-14(12,13)9(5-2,6-3)8(10)11/h1H,5-7H2,2-3H3,(H,10,11). The van der Waals surface area contributed by atoms with Crippen LogP contribution in [0.25, 0.3) is 0 Å². The molecule has 0 fully saturated rings. The Kier molecular flexibility index (Phi) is 4.14. The maximum Gasteiger partial charge on any atom is 0.325 e. The summed E-state index contributed by atoms with van der Waals surface area (Å²) in [5.41, 5.74) is 0. The number of hydrogen-bond acceptors (Lipinski definition) is 3. The predicted molar refractivity (Wildman–Crippen MR) is 53.6 cm³/mol. The van der Waals surface area contributed by atoms with Crippen molar-refractivity contribution in [2.45, 2.75) is 31.4 Å². The molecule has 0 radical (unpaired) electrons. The van der Waals surface area contributed by atoms with E-state index in [0.29, 0.717) is 0 Å². The molecule has 0 unspecified atom stereocenters. The molecule has 5 heteroatoms. The summed E-state index contributed by atoms with van der Waals surface area (Å²) < 4.78 is 21.5. The lowest BCUT2D eigenvalue weighted by Gasteiger charge is -2.25. The van der Waals surface area contributed by atoms with Crippen molar-refractivity contribution in [2.75, 3.05) is 5.75 Å². The van der Waals surface area contributed by atoms with Crippen LogP contribution >= 0.6 is 0 Å². The third-order valence-electron chi connectivity index (χ3n) is 2.40. The summed E-state index contributed by atoms with van der Waals surface area (Å²) in [5, 5.41) is 8.94. The molecule has 14 heavy (non-hydrogen) atoms. The van der Waals surface area contributed by atoms with Crippen molar-refractivity contribution in [3.05, 3.63) is 0 Å². The minimum atomic E-state index is -3.77. The van der Waals surface area contributed by atoms with Crippen molar-refractivity contribution in [1.82, 2.24) is 0 Å². The molecule has 0 heterocycles. The Bertz CT molecular complexity index is 343. The third kappa shape index (κ3) is 1.90. The van der Waals surface area contributed by atoms with Crippen molar-refractivity contribution in [3.8, 4) is 12.3 Å². The molecule has 0 atom stereocenters. The summed E-state index contributed by atoms with van der Waals surface area (Å²) in [6.07, 6.45) is 4.96. The van der Waals surface area contributed by atoms with Gasteiger partial charge in [0.25, 0.3) is 0 Å². The maximum absolute atomic E-state index is 11.6. The number of terminal acetylenes is 1. The van der Waals surface area contributed by atoms with Gasteiger partial charge in [-0.2, -0.15) is 0 Å². The largest absolute Gasteiger partial charge is 0.480 e. The second-order valence-corrected chi connectivity index (χ2v) is 5.27. The monoisotopic (exact) mass is 218 g/mol. The van der Waals surface area contributed by atoms with Gasteiger partial charge in [0.15, 0.2) is 14.6 Å². The number of carboxylic acid groups (broad SMARTS) is 1. The fourth-order valence-corrected chi connectivity index (χ4v) is 3.01. The van der Waals surface area contributed by atoms with Gasteiger partial charge in [-0.25, -0.2) is 8.42 Å². The molecule has 0 aliphatic heterocycles. The van der Waals surface area contributed by atoms with E-state index in [1.807, 2.05) is 5.92 Å². The normalized spacial score (nSPS) is 12.1. The topological polar surface area (TPSA) is 71.4 Å². The Morgan fingerprint density at radius 3 is 2.07 bits per heavy atom. The molecule has 0 aliphatic rings. The van der Waals surface area contributed by atoms with Crippen molar-refractivity contribution in [1.29, 1.82) is 0 Å². The Morgan fingerprint density at radius 2 is 1.86 bits per heavy atom. The molecule has 80 valence electrons. The van der Waals surface area contributed by atoms with Gasteiger partial charge < -0.3 is 5.11 Å². The quantitative estimate of drug-likeness (QED) is 0.689. The van der Waals surface area contributed by atoms with E-state index < -0.39 is 26.3 Å². The number of sulfone groups is 1. The van der Waals surface area contributed by atoms with E-state index in [0.717, 1.165) is 0 Å². The SMILES string of the molecule is C#CCS(=O)(=O)C(CC)(CC)C(=O)O. The Morgan fingerprint density at radius 1 is 1.43 bits per heavy atom. The van der Waals surface area contributed by atoms with Crippen LogP contribution in [-0.2, 0) is 14.6 Å². The summed E-state index contributed by atoms with van der Waals surface area (Å²) in [6, 6.07) is 0. The summed E-state index contributed by atoms with van der Waals surface area (Å²) in [4.78, 5) is 11.0. The molecule has 0 rings (SSSR count). The summed E-state index contributed by atoms with van der Waals surface area (Å²) in [5.74, 6) is 0.137. The molecule has 0 saturated carbocycles. The number of carbonyl (C=O) groups is 1. The summed E-state index contributed by atoms with van der Waals surface area (Å²) >= 11 is 0. The molecule has 0 aromatic heterocycles. The second-order valence-electron chi connectivity index (χ2n) is 2.97. The molecular formula is C9H14O4S. The first-order chi connectivity index (χ1) is 6.38. The number of hydrogen-bond donors (Lipinski definition) is 1. The first kappa shape index (κ1) is 13.0. The van der Waals surface area contributed by atoms with Gasteiger partial charge >= 0.3 is 5.97 Å². The highest BCUT2D eigenvalue weighted by Crippen LogP contribution is 2.26. The molecule has 0 aromatic carbocycles. The minimum Gasteiger partial charge on any atom is -0.480 e. The van der Waals surface area contributed by atoms with E-state index in [4.69, 9.17) is 11.5 Å². The van der Waals surface area contributed by atoms with Crippen LogP contribution < -0.4 is 0 Å². The molecule has 0 amide bonds. The fraction of sp³-hybridized carbons (Fsp3) is 0.667. The lowest BCUT2D eigenvalue weighted by molar-refractivity contribution is -0.140. The van der Waals surface area contributed by atoms with Crippen LogP contribution in [0.1, 0.15) is 26.7 Å². The highest BCUT2D eigenvalue weighted by atomic mass is 32.2. The Labute approximate surface area is 84.2 Å². The number of aliphatic carboxylic acids is 1. The molecule has 0 saturated heterocycles. The van der Waals surface area contributed by atoms with Gasteiger partial charge in [0.2, 0.25) is 0 Å². The van der Waals surface area contributed by atoms with Gasteiger partial charge in [0.1, 0.15) is 5.75 Å². The van der Waals surface area contributed by atoms with E-state index in [1.54, 1.807) is 0 Å². The van der Waals surface area contributed by atoms with Crippen LogP contribution in [0.3, 0.4) is 0 Å². The molecule has 0 bridgehead atoms. The van der Waals surface area contributed by atoms with E-state index in [9.17, 15) is 13.2 Å². The lowest BCUT2D eigenvalue weighted by atomic mass is 10.0. The van der Waals surface area contributed by atoms with Gasteiger partial charge in [0, 0.05) is 0 Å².